The maximum atomic E-state index is 14.6. The van der Waals surface area contributed by atoms with Gasteiger partial charge in [0, 0.05) is 56.3 Å². The minimum Gasteiger partial charge on any atom is -0.493 e. The molecule has 0 amide bonds. The third-order valence-corrected chi connectivity index (χ3v) is 18.2. The van der Waals surface area contributed by atoms with Gasteiger partial charge in [-0.1, -0.05) is 97.1 Å². The molecule has 2 heterocycles. The molecule has 0 aliphatic carbocycles. The van der Waals surface area contributed by atoms with Crippen molar-refractivity contribution in [1.29, 1.82) is 0 Å². The summed E-state index contributed by atoms with van der Waals surface area (Å²) in [5.74, 6) is -0.856. The first kappa shape index (κ1) is 70.3. The van der Waals surface area contributed by atoms with Crippen LogP contribution in [-0.2, 0) is 13.1 Å². The molecule has 0 unspecified atom stereocenters. The number of hydrogen-bond donors (Lipinski definition) is 0. The third-order valence-electron chi connectivity index (χ3n) is 18.2. The van der Waals surface area contributed by atoms with Gasteiger partial charge in [-0.25, -0.2) is 26.3 Å². The van der Waals surface area contributed by atoms with Crippen LogP contribution in [0, 0.1) is 45.7 Å². The summed E-state index contributed by atoms with van der Waals surface area (Å²) in [6, 6.07) is 89.6. The molecule has 15 aromatic rings. The summed E-state index contributed by atoms with van der Waals surface area (Å²) in [7, 11) is 0. The Morgan fingerprint density at radius 3 is 0.852 bits per heavy atom. The van der Waals surface area contributed by atoms with Crippen LogP contribution in [0.4, 0.5) is 60.5 Å². The molecule has 14 nitrogen and oxygen atoms in total. The van der Waals surface area contributed by atoms with E-state index in [0.717, 1.165) is 34.1 Å². The predicted molar refractivity (Wildman–Crippen MR) is 403 cm³/mol. The Morgan fingerprint density at radius 2 is 0.556 bits per heavy atom. The Hall–Kier alpha value is -13.4. The number of nitrogens with zero attached hydrogens (tertiary/aromatic N) is 8. The first-order valence-corrected chi connectivity index (χ1v) is 34.8. The Kier molecular flexibility index (Phi) is 20.8. The Labute approximate surface area is 618 Å². The zero-order chi connectivity index (χ0) is 73.8. The lowest BCUT2D eigenvalue weighted by Gasteiger charge is -2.32. The van der Waals surface area contributed by atoms with Gasteiger partial charge in [-0.15, -0.1) is 0 Å². The fourth-order valence-corrected chi connectivity index (χ4v) is 12.8. The zero-order valence-corrected chi connectivity index (χ0v) is 58.0. The Balaban J connectivity index is 0.954. The number of halogens is 6. The number of aromatic nitrogens is 6. The number of ether oxygens (including phenoxy) is 6. The number of rotatable bonds is 30. The van der Waals surface area contributed by atoms with E-state index in [2.05, 4.69) is 9.80 Å². The second kappa shape index (κ2) is 31.9. The van der Waals surface area contributed by atoms with Gasteiger partial charge in [-0.05, 0) is 230 Å². The number of benzene rings is 13. The van der Waals surface area contributed by atoms with Crippen molar-refractivity contribution >= 4 is 56.2 Å². The molecule has 0 radical (unpaired) electrons. The Morgan fingerprint density at radius 1 is 0.296 bits per heavy atom. The standard InChI is InChI=1S/C88H68F6N8O6/c89-63-25-41-75(42-26-63)103-55-87(56-104-76-43-27-64(90)28-44-76,57-105-77-45-29-65(91)30-46-77)53-99-95-83-81(61-21-37-73(38-22-61)101(69-13-5-1-6-14-69)70-15-7-2-8-16-70)84-86(82(85(83)97-99)62-23-39-74(40-24-62)102(71-17-9-3-10-18-71)72-19-11-4-12-20-72)98-100(96-84)54-88(58-106-78-47-31-66(92)32-48-78,59-107-79-49-33-67(93)34-50-79)60-108-80-51-35-68(94)36-52-80/h1-52H,53-60H2. The van der Waals surface area contributed by atoms with E-state index in [1.165, 1.54) is 146 Å². The minimum atomic E-state index is -1.29. The first-order valence-electron chi connectivity index (χ1n) is 34.8. The Bertz CT molecular complexity index is 4740. The molecule has 0 saturated carbocycles. The summed E-state index contributed by atoms with van der Waals surface area (Å²) < 4.78 is 127. The van der Waals surface area contributed by atoms with E-state index < -0.39 is 45.7 Å². The first-order chi connectivity index (χ1) is 52.8. The fraction of sp³-hybridized carbons (Fsp3) is 0.114. The zero-order valence-electron chi connectivity index (χ0n) is 58.0. The molecule has 15 rings (SSSR count). The summed E-state index contributed by atoms with van der Waals surface area (Å²) in [5.41, 5.74) is 6.64. The van der Waals surface area contributed by atoms with Crippen molar-refractivity contribution < 1.29 is 59.6 Å². The molecule has 0 aliphatic heterocycles. The molecule has 2 aromatic heterocycles. The van der Waals surface area contributed by atoms with Crippen LogP contribution in [0.1, 0.15) is 0 Å². The monoisotopic (exact) mass is 1450 g/mol. The molecule has 538 valence electrons. The number of anilines is 6. The molecule has 20 heteroatoms. The van der Waals surface area contributed by atoms with Crippen molar-refractivity contribution in [1.82, 2.24) is 25.2 Å². The van der Waals surface area contributed by atoms with Gasteiger partial charge in [0.25, 0.3) is 0 Å². The van der Waals surface area contributed by atoms with Gasteiger partial charge in [0.1, 0.15) is 125 Å². The summed E-state index contributed by atoms with van der Waals surface area (Å²) in [5, 5.41) is 22.1. The molecule has 13 aromatic carbocycles. The van der Waals surface area contributed by atoms with Crippen LogP contribution in [0.15, 0.2) is 315 Å². The highest BCUT2D eigenvalue weighted by Crippen LogP contribution is 2.45. The second-order valence-corrected chi connectivity index (χ2v) is 26.2. The summed E-state index contributed by atoms with van der Waals surface area (Å²) in [6.07, 6.45) is 0. The predicted octanol–water partition coefficient (Wildman–Crippen LogP) is 19.8. The minimum absolute atomic E-state index is 0.0992. The van der Waals surface area contributed by atoms with Crippen LogP contribution >= 0.6 is 0 Å². The van der Waals surface area contributed by atoms with Crippen molar-refractivity contribution in [3.05, 3.63) is 350 Å². The van der Waals surface area contributed by atoms with Crippen LogP contribution in [0.3, 0.4) is 0 Å². The van der Waals surface area contributed by atoms with Crippen LogP contribution in [-0.4, -0.2) is 59.7 Å². The largest absolute Gasteiger partial charge is 0.493 e. The van der Waals surface area contributed by atoms with Gasteiger partial charge < -0.3 is 38.2 Å². The summed E-state index contributed by atoms with van der Waals surface area (Å²) in [6.45, 7) is -1.12. The summed E-state index contributed by atoms with van der Waals surface area (Å²) >= 11 is 0. The van der Waals surface area contributed by atoms with E-state index in [1.807, 2.05) is 170 Å². The van der Waals surface area contributed by atoms with Gasteiger partial charge >= 0.3 is 0 Å². The van der Waals surface area contributed by atoms with E-state index >= 15 is 0 Å². The maximum Gasteiger partial charge on any atom is 0.178 e. The third kappa shape index (κ3) is 16.6. The summed E-state index contributed by atoms with van der Waals surface area (Å²) in [4.78, 5) is 7.41. The SMILES string of the molecule is Fc1ccc(OCC(COc2ccc(F)cc2)(COc2ccc(F)cc2)Cn2nc3c(-c4ccc(N(c5ccccc5)c5ccccc5)cc4)c4n[n+](CC(COc5ccc(F)cc5)(COc5ccc(F)cc5)COc5ccc(F)cc5)[n-]c4c(-c4ccc(N(c5ccccc5)c5ccccc5)cc4)c3n2)cc1. The molecule has 0 aliphatic rings. The van der Waals surface area contributed by atoms with Crippen LogP contribution in [0.2, 0.25) is 0 Å². The van der Waals surface area contributed by atoms with E-state index in [9.17, 15) is 26.3 Å². The highest BCUT2D eigenvalue weighted by molar-refractivity contribution is 6.16. The quantitative estimate of drug-likeness (QED) is 0.0314. The lowest BCUT2D eigenvalue weighted by Crippen LogP contribution is -2.55. The van der Waals surface area contributed by atoms with Crippen molar-refractivity contribution in [2.75, 3.05) is 49.4 Å². The van der Waals surface area contributed by atoms with Crippen molar-refractivity contribution in [3.63, 3.8) is 0 Å². The van der Waals surface area contributed by atoms with Crippen LogP contribution < -0.4 is 48.1 Å². The van der Waals surface area contributed by atoms with E-state index in [0.29, 0.717) is 78.8 Å². The average Bonchev–Trinajstić information content (AvgIpc) is 1.55. The molecule has 0 atom stereocenters. The average molecular weight is 1450 g/mol. The van der Waals surface area contributed by atoms with Crippen molar-refractivity contribution in [3.8, 4) is 56.8 Å². The second-order valence-electron chi connectivity index (χ2n) is 26.2. The maximum absolute atomic E-state index is 14.6. The molecular formula is C88H68F6N8O6. The van der Waals surface area contributed by atoms with Gasteiger partial charge in [0.05, 0.1) is 12.0 Å². The molecule has 0 bridgehead atoms. The van der Waals surface area contributed by atoms with Gasteiger partial charge in [-0.3, -0.25) is 0 Å². The smallest absolute Gasteiger partial charge is 0.178 e. The molecule has 108 heavy (non-hydrogen) atoms. The van der Waals surface area contributed by atoms with Crippen molar-refractivity contribution in [2.45, 2.75) is 13.1 Å². The highest BCUT2D eigenvalue weighted by atomic mass is 19.1. The van der Waals surface area contributed by atoms with E-state index in [1.54, 1.807) is 9.59 Å². The molecular weight excluding hydrogens is 1380 g/mol. The fourth-order valence-electron chi connectivity index (χ4n) is 12.8. The van der Waals surface area contributed by atoms with Gasteiger partial charge in [0.15, 0.2) is 6.54 Å². The van der Waals surface area contributed by atoms with E-state index in [4.69, 9.17) is 48.8 Å². The highest BCUT2D eigenvalue weighted by Gasteiger charge is 2.41. The van der Waals surface area contributed by atoms with Crippen molar-refractivity contribution in [2.24, 2.45) is 10.8 Å². The normalized spacial score (nSPS) is 11.5. The lowest BCUT2D eigenvalue weighted by atomic mass is 9.91. The molecule has 0 saturated heterocycles. The molecule has 0 spiro atoms. The van der Waals surface area contributed by atoms with Gasteiger partial charge in [-0.2, -0.15) is 30.0 Å². The number of fused-ring (bicyclic) bond motifs is 2. The van der Waals surface area contributed by atoms with Gasteiger partial charge in [0.2, 0.25) is 0 Å². The van der Waals surface area contributed by atoms with Crippen LogP contribution in [0.25, 0.3) is 44.3 Å². The number of hydrogen-bond acceptors (Lipinski definition) is 11. The van der Waals surface area contributed by atoms with Crippen LogP contribution in [0.5, 0.6) is 34.5 Å². The molecule has 0 N–H and O–H groups in total. The van der Waals surface area contributed by atoms with E-state index in [-0.39, 0.29) is 52.7 Å². The number of para-hydroxylation sites is 4. The lowest BCUT2D eigenvalue weighted by molar-refractivity contribution is -0.814. The molecule has 0 fully saturated rings. The topological polar surface area (TPSA) is 123 Å².